The Balaban J connectivity index is 1.80. The molecule has 0 saturated heterocycles. The molecule has 0 unspecified atom stereocenters. The lowest BCUT2D eigenvalue weighted by atomic mass is 10.1. The molecule has 0 aliphatic heterocycles. The lowest BCUT2D eigenvalue weighted by molar-refractivity contribution is -0.116. The highest BCUT2D eigenvalue weighted by atomic mass is 32.1. The first kappa shape index (κ1) is 16.2. The summed E-state index contributed by atoms with van der Waals surface area (Å²) in [5.74, 6) is 0.559. The second kappa shape index (κ2) is 6.45. The van der Waals surface area contributed by atoms with Gasteiger partial charge in [-0.2, -0.15) is 5.10 Å². The third kappa shape index (κ3) is 3.30. The molecule has 3 aromatic rings. The SMILES string of the molecule is Cc1cc(C)cc(NC(=O)Cn2nc(C)n(-n3cccc3)c2=S)c1. The van der Waals surface area contributed by atoms with Gasteiger partial charge in [-0.05, 0) is 68.4 Å². The van der Waals surface area contributed by atoms with Gasteiger partial charge in [-0.1, -0.05) is 6.07 Å². The molecule has 1 aromatic carbocycles. The number of benzene rings is 1. The number of carbonyl (C=O) groups excluding carboxylic acids is 1. The number of anilines is 1. The second-order valence-corrected chi connectivity index (χ2v) is 6.15. The molecule has 0 atom stereocenters. The van der Waals surface area contributed by atoms with E-state index in [0.29, 0.717) is 4.77 Å². The summed E-state index contributed by atoms with van der Waals surface area (Å²) in [6.07, 6.45) is 3.76. The Hall–Kier alpha value is -2.67. The molecule has 24 heavy (non-hydrogen) atoms. The summed E-state index contributed by atoms with van der Waals surface area (Å²) in [6, 6.07) is 9.76. The minimum Gasteiger partial charge on any atom is -0.324 e. The number of hydrogen-bond acceptors (Lipinski definition) is 3. The highest BCUT2D eigenvalue weighted by Crippen LogP contribution is 2.14. The third-order valence-electron chi connectivity index (χ3n) is 3.59. The van der Waals surface area contributed by atoms with Gasteiger partial charge in [0.05, 0.1) is 0 Å². The van der Waals surface area contributed by atoms with Gasteiger partial charge in [0.1, 0.15) is 12.4 Å². The zero-order chi connectivity index (χ0) is 17.3. The van der Waals surface area contributed by atoms with Crippen LogP contribution in [0.15, 0.2) is 42.7 Å². The minimum atomic E-state index is -0.159. The zero-order valence-electron chi connectivity index (χ0n) is 13.9. The normalized spacial score (nSPS) is 10.8. The maximum Gasteiger partial charge on any atom is 0.246 e. The summed E-state index contributed by atoms with van der Waals surface area (Å²) in [7, 11) is 0. The van der Waals surface area contributed by atoms with Crippen molar-refractivity contribution in [1.82, 2.24) is 19.1 Å². The number of aryl methyl sites for hydroxylation is 3. The fourth-order valence-electron chi connectivity index (χ4n) is 2.72. The first-order valence-electron chi connectivity index (χ1n) is 7.62. The van der Waals surface area contributed by atoms with Gasteiger partial charge in [-0.25, -0.2) is 9.36 Å². The third-order valence-corrected chi connectivity index (χ3v) is 3.98. The zero-order valence-corrected chi connectivity index (χ0v) is 14.7. The molecule has 0 spiro atoms. The summed E-state index contributed by atoms with van der Waals surface area (Å²) in [5, 5.41) is 7.28. The summed E-state index contributed by atoms with van der Waals surface area (Å²) in [4.78, 5) is 12.3. The van der Waals surface area contributed by atoms with E-state index in [1.807, 2.05) is 62.1 Å². The summed E-state index contributed by atoms with van der Waals surface area (Å²) in [5.41, 5.74) is 3.00. The lowest BCUT2D eigenvalue weighted by Gasteiger charge is -2.08. The molecule has 3 rings (SSSR count). The van der Waals surface area contributed by atoms with Gasteiger partial charge in [0.2, 0.25) is 10.7 Å². The highest BCUT2D eigenvalue weighted by Gasteiger charge is 2.12. The number of nitrogens with zero attached hydrogens (tertiary/aromatic N) is 4. The van der Waals surface area contributed by atoms with Gasteiger partial charge >= 0.3 is 0 Å². The fraction of sp³-hybridized carbons (Fsp3) is 0.235. The van der Waals surface area contributed by atoms with Crippen LogP contribution in [0.5, 0.6) is 0 Å². The van der Waals surface area contributed by atoms with Crippen molar-refractivity contribution >= 4 is 23.8 Å². The van der Waals surface area contributed by atoms with Crippen molar-refractivity contribution in [2.45, 2.75) is 27.3 Å². The number of aromatic nitrogens is 4. The van der Waals surface area contributed by atoms with Crippen molar-refractivity contribution in [2.24, 2.45) is 0 Å². The molecule has 1 amide bonds. The van der Waals surface area contributed by atoms with Crippen LogP contribution in [0.25, 0.3) is 0 Å². The topological polar surface area (TPSA) is 56.8 Å². The van der Waals surface area contributed by atoms with E-state index in [1.165, 1.54) is 4.68 Å². The summed E-state index contributed by atoms with van der Waals surface area (Å²) < 4.78 is 5.62. The van der Waals surface area contributed by atoms with Crippen LogP contribution in [0.4, 0.5) is 5.69 Å². The largest absolute Gasteiger partial charge is 0.324 e. The van der Waals surface area contributed by atoms with E-state index in [9.17, 15) is 4.79 Å². The number of nitrogens with one attached hydrogen (secondary N) is 1. The van der Waals surface area contributed by atoms with Crippen LogP contribution < -0.4 is 5.32 Å². The average Bonchev–Trinajstić information content (AvgIpc) is 3.07. The van der Waals surface area contributed by atoms with Crippen molar-refractivity contribution < 1.29 is 4.79 Å². The maximum absolute atomic E-state index is 12.3. The maximum atomic E-state index is 12.3. The number of hydrogen-bond donors (Lipinski definition) is 1. The van der Waals surface area contributed by atoms with Crippen molar-refractivity contribution in [3.8, 4) is 0 Å². The quantitative estimate of drug-likeness (QED) is 0.742. The molecule has 0 radical (unpaired) electrons. The van der Waals surface area contributed by atoms with E-state index in [2.05, 4.69) is 16.5 Å². The molecule has 6 nitrogen and oxygen atoms in total. The Kier molecular flexibility index (Phi) is 4.35. The van der Waals surface area contributed by atoms with E-state index in [1.54, 1.807) is 4.68 Å². The molecule has 0 saturated carbocycles. The second-order valence-electron chi connectivity index (χ2n) is 5.79. The molecular weight excluding hydrogens is 322 g/mol. The molecule has 2 aromatic heterocycles. The minimum absolute atomic E-state index is 0.0704. The van der Waals surface area contributed by atoms with E-state index in [4.69, 9.17) is 12.2 Å². The summed E-state index contributed by atoms with van der Waals surface area (Å²) >= 11 is 5.45. The van der Waals surface area contributed by atoms with Gasteiger partial charge in [0.15, 0.2) is 0 Å². The monoisotopic (exact) mass is 341 g/mol. The fourth-order valence-corrected chi connectivity index (χ4v) is 3.05. The van der Waals surface area contributed by atoms with E-state index in [-0.39, 0.29) is 12.5 Å². The molecule has 7 heteroatoms. The van der Waals surface area contributed by atoms with Crippen LogP contribution in [0, 0.1) is 25.5 Å². The number of amides is 1. The summed E-state index contributed by atoms with van der Waals surface area (Å²) in [6.45, 7) is 5.93. The Bertz CT molecular complexity index is 916. The molecule has 0 bridgehead atoms. The Morgan fingerprint density at radius 3 is 2.38 bits per heavy atom. The molecular formula is C17H19N5OS. The Morgan fingerprint density at radius 1 is 1.12 bits per heavy atom. The molecule has 0 fully saturated rings. The first-order chi connectivity index (χ1) is 11.4. The number of carbonyl (C=O) groups is 1. The van der Waals surface area contributed by atoms with E-state index >= 15 is 0 Å². The van der Waals surface area contributed by atoms with Gasteiger partial charge in [0.25, 0.3) is 0 Å². The molecule has 1 N–H and O–H groups in total. The van der Waals surface area contributed by atoms with Gasteiger partial charge < -0.3 is 5.32 Å². The molecule has 0 aliphatic carbocycles. The van der Waals surface area contributed by atoms with Crippen molar-refractivity contribution in [3.05, 3.63) is 64.4 Å². The van der Waals surface area contributed by atoms with Gasteiger partial charge in [0, 0.05) is 18.1 Å². The van der Waals surface area contributed by atoms with Gasteiger partial charge in [-0.3, -0.25) is 9.47 Å². The van der Waals surface area contributed by atoms with Crippen LogP contribution in [0.3, 0.4) is 0 Å². The standard InChI is InChI=1S/C17H19N5OS/c1-12-8-13(2)10-15(9-12)18-16(23)11-21-17(24)22(14(3)19-21)20-6-4-5-7-20/h4-10H,11H2,1-3H3,(H,18,23). The predicted octanol–water partition coefficient (Wildman–Crippen LogP) is 3.09. The van der Waals surface area contributed by atoms with Crippen molar-refractivity contribution in [1.29, 1.82) is 0 Å². The first-order valence-corrected chi connectivity index (χ1v) is 8.03. The highest BCUT2D eigenvalue weighted by molar-refractivity contribution is 7.71. The molecule has 2 heterocycles. The Morgan fingerprint density at radius 2 is 1.75 bits per heavy atom. The van der Waals surface area contributed by atoms with E-state index in [0.717, 1.165) is 22.6 Å². The van der Waals surface area contributed by atoms with Crippen LogP contribution in [0.2, 0.25) is 0 Å². The van der Waals surface area contributed by atoms with Crippen LogP contribution >= 0.6 is 12.2 Å². The van der Waals surface area contributed by atoms with Crippen LogP contribution in [0.1, 0.15) is 17.0 Å². The van der Waals surface area contributed by atoms with Crippen molar-refractivity contribution in [3.63, 3.8) is 0 Å². The van der Waals surface area contributed by atoms with Crippen molar-refractivity contribution in [2.75, 3.05) is 5.32 Å². The van der Waals surface area contributed by atoms with Crippen LogP contribution in [-0.4, -0.2) is 25.0 Å². The molecule has 124 valence electrons. The Labute approximate surface area is 145 Å². The van der Waals surface area contributed by atoms with E-state index < -0.39 is 0 Å². The predicted molar refractivity (Wildman–Crippen MR) is 95.6 cm³/mol. The van der Waals surface area contributed by atoms with Gasteiger partial charge in [-0.15, -0.1) is 0 Å². The smallest absolute Gasteiger partial charge is 0.246 e. The molecule has 0 aliphatic rings. The number of rotatable bonds is 4. The van der Waals surface area contributed by atoms with Crippen LogP contribution in [-0.2, 0) is 11.3 Å². The average molecular weight is 341 g/mol. The lowest BCUT2D eigenvalue weighted by Crippen LogP contribution is -2.20.